The van der Waals surface area contributed by atoms with Gasteiger partial charge >= 0.3 is 0 Å². The minimum absolute atomic E-state index is 0.0382. The lowest BCUT2D eigenvalue weighted by Gasteiger charge is -2.37. The van der Waals surface area contributed by atoms with Gasteiger partial charge in [0, 0.05) is 12.4 Å². The number of hydrogen-bond acceptors (Lipinski definition) is 3. The molecule has 38 heavy (non-hydrogen) atoms. The van der Waals surface area contributed by atoms with Crippen molar-refractivity contribution in [2.75, 3.05) is 12.4 Å². The lowest BCUT2D eigenvalue weighted by Crippen LogP contribution is -2.38. The van der Waals surface area contributed by atoms with Crippen LogP contribution in [0.15, 0.2) is 133 Å². The van der Waals surface area contributed by atoms with Gasteiger partial charge in [-0.15, -0.1) is 0 Å². The summed E-state index contributed by atoms with van der Waals surface area (Å²) in [6.45, 7) is 0.0382. The van der Waals surface area contributed by atoms with Crippen LogP contribution in [0, 0.1) is 0 Å². The largest absolute Gasteiger partial charge is 0.392 e. The molecule has 0 atom stereocenters. The second kappa shape index (κ2) is 10.0. The predicted octanol–water partition coefficient (Wildman–Crippen LogP) is 7.08. The Kier molecular flexibility index (Phi) is 6.24. The van der Waals surface area contributed by atoms with Crippen molar-refractivity contribution >= 4 is 16.7 Å². The highest BCUT2D eigenvalue weighted by atomic mass is 16.3. The SMILES string of the molecule is CNc1nn(C(c2ccccc2)(c2ccccc2)c2ccccc2)c2ccc(-c3ccc(CO)cc3)cc12. The summed E-state index contributed by atoms with van der Waals surface area (Å²) in [5.74, 6) is 0.820. The van der Waals surface area contributed by atoms with E-state index in [9.17, 15) is 5.11 Å². The standard InChI is InChI=1S/C34H29N3O/c1-35-33-31-23-27(26-19-17-25(24-38)18-20-26)21-22-32(31)37(36-33)34(28-11-5-2-6-12-28,29-13-7-3-8-14-29)30-15-9-4-10-16-30/h2-23,38H,24H2,1H3,(H,35,36). The van der Waals surface area contributed by atoms with E-state index in [4.69, 9.17) is 5.10 Å². The van der Waals surface area contributed by atoms with Crippen LogP contribution in [-0.2, 0) is 12.1 Å². The van der Waals surface area contributed by atoms with Gasteiger partial charge in [0.05, 0.1) is 12.1 Å². The first-order valence-corrected chi connectivity index (χ1v) is 12.8. The number of rotatable bonds is 7. The molecule has 0 aliphatic carbocycles. The topological polar surface area (TPSA) is 50.1 Å². The molecule has 6 aromatic rings. The smallest absolute Gasteiger partial charge is 0.155 e. The zero-order valence-corrected chi connectivity index (χ0v) is 21.3. The molecule has 186 valence electrons. The molecule has 0 spiro atoms. The van der Waals surface area contributed by atoms with E-state index in [0.29, 0.717) is 0 Å². The van der Waals surface area contributed by atoms with Crippen molar-refractivity contribution in [3.63, 3.8) is 0 Å². The lowest BCUT2D eigenvalue weighted by molar-refractivity contribution is 0.282. The van der Waals surface area contributed by atoms with Gasteiger partial charge in [0.25, 0.3) is 0 Å². The van der Waals surface area contributed by atoms with Crippen molar-refractivity contribution in [1.29, 1.82) is 0 Å². The zero-order chi connectivity index (χ0) is 26.0. The number of hydrogen-bond donors (Lipinski definition) is 2. The van der Waals surface area contributed by atoms with Crippen LogP contribution in [-0.4, -0.2) is 21.9 Å². The number of nitrogens with one attached hydrogen (secondary N) is 1. The summed E-state index contributed by atoms with van der Waals surface area (Å²) in [5, 5.41) is 19.1. The number of aliphatic hydroxyl groups is 1. The van der Waals surface area contributed by atoms with Crippen LogP contribution < -0.4 is 5.32 Å². The Morgan fingerprint density at radius 3 is 1.63 bits per heavy atom. The van der Waals surface area contributed by atoms with Gasteiger partial charge in [-0.2, -0.15) is 5.10 Å². The third-order valence-electron chi connectivity index (χ3n) is 7.28. The molecule has 2 N–H and O–H groups in total. The minimum Gasteiger partial charge on any atom is -0.392 e. The summed E-state index contributed by atoms with van der Waals surface area (Å²) < 4.78 is 2.17. The van der Waals surface area contributed by atoms with Crippen LogP contribution in [0.25, 0.3) is 22.0 Å². The maximum Gasteiger partial charge on any atom is 0.155 e. The molecule has 0 unspecified atom stereocenters. The molecule has 6 rings (SSSR count). The van der Waals surface area contributed by atoms with Crippen LogP contribution in [0.5, 0.6) is 0 Å². The average molecular weight is 496 g/mol. The maximum atomic E-state index is 9.45. The van der Waals surface area contributed by atoms with Crippen LogP contribution >= 0.6 is 0 Å². The second-order valence-corrected chi connectivity index (χ2v) is 9.41. The summed E-state index contributed by atoms with van der Waals surface area (Å²) in [5.41, 5.74) is 6.83. The Bertz CT molecular complexity index is 1560. The Labute approximate surface area is 222 Å². The highest BCUT2D eigenvalue weighted by Crippen LogP contribution is 2.43. The van der Waals surface area contributed by atoms with E-state index in [1.807, 2.05) is 19.2 Å². The van der Waals surface area contributed by atoms with Gasteiger partial charge in [-0.05, 0) is 45.5 Å². The Balaban J connectivity index is 1.67. The van der Waals surface area contributed by atoms with Crippen molar-refractivity contribution in [2.45, 2.75) is 12.1 Å². The number of nitrogens with zero attached hydrogens (tertiary/aromatic N) is 2. The molecule has 0 saturated heterocycles. The molecule has 4 heteroatoms. The molecular formula is C34H29N3O. The molecule has 0 aliphatic rings. The quantitative estimate of drug-likeness (QED) is 0.233. The fourth-order valence-electron chi connectivity index (χ4n) is 5.45. The molecule has 0 bridgehead atoms. The third-order valence-corrected chi connectivity index (χ3v) is 7.28. The van der Waals surface area contributed by atoms with E-state index in [1.54, 1.807) is 0 Å². The molecule has 1 heterocycles. The molecule has 0 amide bonds. The zero-order valence-electron chi connectivity index (χ0n) is 21.3. The van der Waals surface area contributed by atoms with Gasteiger partial charge in [-0.25, -0.2) is 4.68 Å². The van der Waals surface area contributed by atoms with E-state index in [0.717, 1.165) is 50.1 Å². The van der Waals surface area contributed by atoms with Crippen molar-refractivity contribution in [2.24, 2.45) is 0 Å². The molecule has 0 aliphatic heterocycles. The van der Waals surface area contributed by atoms with Crippen molar-refractivity contribution < 1.29 is 5.11 Å². The number of anilines is 1. The van der Waals surface area contributed by atoms with Gasteiger partial charge in [0.15, 0.2) is 5.82 Å². The molecule has 1 aromatic heterocycles. The number of aromatic nitrogens is 2. The van der Waals surface area contributed by atoms with Gasteiger partial charge in [-0.3, -0.25) is 0 Å². The summed E-state index contributed by atoms with van der Waals surface area (Å²) in [7, 11) is 1.92. The number of aliphatic hydroxyl groups excluding tert-OH is 1. The van der Waals surface area contributed by atoms with Gasteiger partial charge < -0.3 is 10.4 Å². The van der Waals surface area contributed by atoms with Crippen molar-refractivity contribution in [3.05, 3.63) is 156 Å². The minimum atomic E-state index is -0.693. The first-order chi connectivity index (χ1) is 18.8. The van der Waals surface area contributed by atoms with Gasteiger partial charge in [0.1, 0.15) is 5.54 Å². The number of fused-ring (bicyclic) bond motifs is 1. The molecule has 0 radical (unpaired) electrons. The van der Waals surface area contributed by atoms with Crippen LogP contribution in [0.2, 0.25) is 0 Å². The third kappa shape index (κ3) is 3.87. The highest BCUT2D eigenvalue weighted by molar-refractivity contribution is 5.94. The summed E-state index contributed by atoms with van der Waals surface area (Å²) in [6, 6.07) is 46.4. The fraction of sp³-hybridized carbons (Fsp3) is 0.0882. The first kappa shape index (κ1) is 23.7. The number of benzene rings is 5. The monoisotopic (exact) mass is 495 g/mol. The molecular weight excluding hydrogens is 466 g/mol. The summed E-state index contributed by atoms with van der Waals surface area (Å²) in [4.78, 5) is 0. The molecule has 4 nitrogen and oxygen atoms in total. The van der Waals surface area contributed by atoms with Crippen molar-refractivity contribution in [1.82, 2.24) is 9.78 Å². The Morgan fingerprint density at radius 1 is 0.658 bits per heavy atom. The van der Waals surface area contributed by atoms with Gasteiger partial charge in [-0.1, -0.05) is 121 Å². The van der Waals surface area contributed by atoms with E-state index < -0.39 is 5.54 Å². The predicted molar refractivity (Wildman–Crippen MR) is 155 cm³/mol. The van der Waals surface area contributed by atoms with Crippen LogP contribution in [0.1, 0.15) is 22.3 Å². The van der Waals surface area contributed by atoms with Crippen LogP contribution in [0.3, 0.4) is 0 Å². The van der Waals surface area contributed by atoms with Gasteiger partial charge in [0.2, 0.25) is 0 Å². The van der Waals surface area contributed by atoms with E-state index in [2.05, 4.69) is 131 Å². The maximum absolute atomic E-state index is 9.45. The molecule has 0 saturated carbocycles. The molecule has 5 aromatic carbocycles. The Morgan fingerprint density at radius 2 is 1.16 bits per heavy atom. The first-order valence-electron chi connectivity index (χ1n) is 12.8. The van der Waals surface area contributed by atoms with Crippen LogP contribution in [0.4, 0.5) is 5.82 Å². The second-order valence-electron chi connectivity index (χ2n) is 9.41. The Hall–Kier alpha value is -4.67. The molecule has 0 fully saturated rings. The summed E-state index contributed by atoms with van der Waals surface area (Å²) >= 11 is 0. The van der Waals surface area contributed by atoms with E-state index in [1.165, 1.54) is 0 Å². The lowest BCUT2D eigenvalue weighted by atomic mass is 9.77. The van der Waals surface area contributed by atoms with E-state index in [-0.39, 0.29) is 6.61 Å². The van der Waals surface area contributed by atoms with E-state index >= 15 is 0 Å². The fourth-order valence-corrected chi connectivity index (χ4v) is 5.45. The summed E-state index contributed by atoms with van der Waals surface area (Å²) in [6.07, 6.45) is 0. The normalized spacial score (nSPS) is 11.5. The highest BCUT2D eigenvalue weighted by Gasteiger charge is 2.40. The average Bonchev–Trinajstić information content (AvgIpc) is 3.37. The van der Waals surface area contributed by atoms with Crippen molar-refractivity contribution in [3.8, 4) is 11.1 Å².